The first-order valence-corrected chi connectivity index (χ1v) is 12.5. The molecule has 0 aliphatic heterocycles. The molecule has 0 aliphatic rings. The SMILES string of the molecule is CS(=NCCCc1cnc[nH]1)NCCCN(Cc1ccc(Br)cc1)c1ccccn1. The molecule has 0 fully saturated rings. The quantitative estimate of drug-likeness (QED) is 0.367. The molecule has 0 spiro atoms. The molecule has 0 bridgehead atoms. The lowest BCUT2D eigenvalue weighted by Gasteiger charge is -2.24. The van der Waals surface area contributed by atoms with E-state index in [2.05, 4.69) is 77.1 Å². The van der Waals surface area contributed by atoms with Crippen LogP contribution in [-0.2, 0) is 23.8 Å². The highest BCUT2D eigenvalue weighted by Crippen LogP contribution is 2.16. The van der Waals surface area contributed by atoms with Crippen LogP contribution in [0.4, 0.5) is 5.82 Å². The molecular weight excluding hydrogens is 460 g/mol. The molecule has 6 nitrogen and oxygen atoms in total. The first-order chi connectivity index (χ1) is 14.7. The highest BCUT2D eigenvalue weighted by molar-refractivity contribution is 9.10. The summed E-state index contributed by atoms with van der Waals surface area (Å²) in [6.07, 6.45) is 10.7. The second-order valence-electron chi connectivity index (χ2n) is 6.99. The summed E-state index contributed by atoms with van der Waals surface area (Å²) in [5, 5.41) is 0. The number of pyridine rings is 1. The van der Waals surface area contributed by atoms with Crippen LogP contribution in [0, 0.1) is 0 Å². The number of imidazole rings is 1. The summed E-state index contributed by atoms with van der Waals surface area (Å²) < 4.78 is 9.37. The second kappa shape index (κ2) is 12.6. The molecule has 3 rings (SSSR count). The van der Waals surface area contributed by atoms with Crippen LogP contribution in [-0.4, -0.2) is 40.8 Å². The van der Waals surface area contributed by atoms with E-state index in [9.17, 15) is 0 Å². The third kappa shape index (κ3) is 8.01. The number of nitrogens with zero attached hydrogens (tertiary/aromatic N) is 4. The molecule has 3 aromatic rings. The number of rotatable bonds is 12. The number of nitrogens with one attached hydrogen (secondary N) is 2. The van der Waals surface area contributed by atoms with Gasteiger partial charge >= 0.3 is 0 Å². The number of anilines is 1. The second-order valence-corrected chi connectivity index (χ2v) is 9.41. The lowest BCUT2D eigenvalue weighted by molar-refractivity contribution is 0.711. The fraction of sp³-hybridized carbons (Fsp3) is 0.364. The highest BCUT2D eigenvalue weighted by atomic mass is 79.9. The van der Waals surface area contributed by atoms with E-state index < -0.39 is 0 Å². The number of hydrogen-bond donors (Lipinski definition) is 2. The minimum absolute atomic E-state index is 0.108. The van der Waals surface area contributed by atoms with E-state index in [1.165, 1.54) is 11.3 Å². The maximum atomic E-state index is 4.73. The summed E-state index contributed by atoms with van der Waals surface area (Å²) in [6, 6.07) is 14.6. The van der Waals surface area contributed by atoms with Crippen LogP contribution in [0.25, 0.3) is 0 Å². The zero-order chi connectivity index (χ0) is 21.0. The number of aryl methyl sites for hydroxylation is 1. The van der Waals surface area contributed by atoms with Crippen molar-refractivity contribution in [3.63, 3.8) is 0 Å². The maximum Gasteiger partial charge on any atom is 0.128 e. The zero-order valence-electron chi connectivity index (χ0n) is 17.3. The van der Waals surface area contributed by atoms with Gasteiger partial charge in [0.2, 0.25) is 0 Å². The number of H-pyrrole nitrogens is 1. The van der Waals surface area contributed by atoms with Crippen LogP contribution in [0.1, 0.15) is 24.1 Å². The first kappa shape index (κ1) is 22.7. The Bertz CT molecular complexity index is 884. The van der Waals surface area contributed by atoms with E-state index in [1.807, 2.05) is 24.5 Å². The van der Waals surface area contributed by atoms with E-state index in [0.717, 1.165) is 55.7 Å². The zero-order valence-corrected chi connectivity index (χ0v) is 19.7. The molecule has 2 N–H and O–H groups in total. The van der Waals surface area contributed by atoms with Crippen LogP contribution in [0.3, 0.4) is 0 Å². The molecule has 0 radical (unpaired) electrons. The Labute approximate surface area is 189 Å². The number of aromatic nitrogens is 3. The van der Waals surface area contributed by atoms with Gasteiger partial charge in [-0.25, -0.2) is 9.97 Å². The van der Waals surface area contributed by atoms with Gasteiger partial charge in [-0.2, -0.15) is 0 Å². The Balaban J connectivity index is 1.43. The fourth-order valence-corrected chi connectivity index (χ4v) is 4.25. The molecule has 160 valence electrons. The standard InChI is InChI=1S/C22H29BrN6S/c1-30(27-13-4-6-21-16-24-18-26-21)28-14-5-15-29(22-7-2-3-12-25-22)17-19-8-10-20(23)11-9-19/h2-3,7-12,16,18H,4-6,13-15,17H2,1H3,(H,24,26)(H,27,28). The van der Waals surface area contributed by atoms with E-state index in [0.29, 0.717) is 0 Å². The van der Waals surface area contributed by atoms with Crippen molar-refractivity contribution in [3.05, 3.63) is 76.9 Å². The summed E-state index contributed by atoms with van der Waals surface area (Å²) in [6.45, 7) is 3.60. The lowest BCUT2D eigenvalue weighted by Crippen LogP contribution is -2.28. The maximum absolute atomic E-state index is 4.73. The van der Waals surface area contributed by atoms with Crippen LogP contribution in [0.2, 0.25) is 0 Å². The molecule has 0 amide bonds. The Kier molecular flexibility index (Phi) is 9.53. The van der Waals surface area contributed by atoms with Gasteiger partial charge < -0.3 is 9.88 Å². The average Bonchev–Trinajstić information content (AvgIpc) is 3.29. The number of benzene rings is 1. The molecule has 0 aliphatic carbocycles. The average molecular weight is 489 g/mol. The predicted octanol–water partition coefficient (Wildman–Crippen LogP) is 4.53. The molecule has 1 atom stereocenters. The minimum Gasteiger partial charge on any atom is -0.352 e. The lowest BCUT2D eigenvalue weighted by atomic mass is 10.2. The van der Waals surface area contributed by atoms with Gasteiger partial charge in [0, 0.05) is 55.0 Å². The summed E-state index contributed by atoms with van der Waals surface area (Å²) in [7, 11) is -0.108. The number of aromatic amines is 1. The Morgan fingerprint density at radius 1 is 1.17 bits per heavy atom. The van der Waals surface area contributed by atoms with E-state index in [1.54, 1.807) is 6.33 Å². The van der Waals surface area contributed by atoms with Gasteiger partial charge in [-0.15, -0.1) is 0 Å². The van der Waals surface area contributed by atoms with Crippen molar-refractivity contribution >= 4 is 32.6 Å². The van der Waals surface area contributed by atoms with Gasteiger partial charge in [0.25, 0.3) is 0 Å². The summed E-state index contributed by atoms with van der Waals surface area (Å²) in [5.74, 6) is 1.01. The molecule has 0 saturated carbocycles. The third-order valence-electron chi connectivity index (χ3n) is 4.62. The van der Waals surface area contributed by atoms with Crippen molar-refractivity contribution < 1.29 is 0 Å². The smallest absolute Gasteiger partial charge is 0.128 e. The Morgan fingerprint density at radius 3 is 2.77 bits per heavy atom. The van der Waals surface area contributed by atoms with Crippen LogP contribution in [0.15, 0.2) is 70.0 Å². The first-order valence-electron chi connectivity index (χ1n) is 10.2. The predicted molar refractivity (Wildman–Crippen MR) is 130 cm³/mol. The third-order valence-corrected chi connectivity index (χ3v) is 6.34. The van der Waals surface area contributed by atoms with Crippen LogP contribution in [0.5, 0.6) is 0 Å². The summed E-state index contributed by atoms with van der Waals surface area (Å²) >= 11 is 3.51. The summed E-state index contributed by atoms with van der Waals surface area (Å²) in [5.41, 5.74) is 2.45. The fourth-order valence-electron chi connectivity index (χ4n) is 3.05. The van der Waals surface area contributed by atoms with Gasteiger partial charge in [0.1, 0.15) is 5.82 Å². The van der Waals surface area contributed by atoms with Gasteiger partial charge in [-0.3, -0.25) is 9.08 Å². The van der Waals surface area contributed by atoms with E-state index >= 15 is 0 Å². The van der Waals surface area contributed by atoms with Gasteiger partial charge in [0.05, 0.1) is 6.33 Å². The molecule has 30 heavy (non-hydrogen) atoms. The molecule has 1 unspecified atom stereocenters. The monoisotopic (exact) mass is 488 g/mol. The van der Waals surface area contributed by atoms with E-state index in [-0.39, 0.29) is 10.9 Å². The summed E-state index contributed by atoms with van der Waals surface area (Å²) in [4.78, 5) is 14.1. The molecule has 8 heteroatoms. The molecule has 1 aromatic carbocycles. The van der Waals surface area contributed by atoms with Crippen LogP contribution < -0.4 is 9.62 Å². The van der Waals surface area contributed by atoms with Crippen molar-refractivity contribution in [2.45, 2.75) is 25.8 Å². The van der Waals surface area contributed by atoms with Crippen molar-refractivity contribution in [2.75, 3.05) is 30.8 Å². The molecule has 2 heterocycles. The van der Waals surface area contributed by atoms with Crippen molar-refractivity contribution in [1.82, 2.24) is 19.7 Å². The molecule has 0 saturated heterocycles. The number of halogens is 1. The Morgan fingerprint density at radius 2 is 2.03 bits per heavy atom. The van der Waals surface area contributed by atoms with Gasteiger partial charge in [0.15, 0.2) is 0 Å². The molecule has 2 aromatic heterocycles. The van der Waals surface area contributed by atoms with Crippen LogP contribution >= 0.6 is 15.9 Å². The molecular formula is C22H29BrN6S. The number of hydrogen-bond acceptors (Lipinski definition) is 4. The van der Waals surface area contributed by atoms with E-state index in [4.69, 9.17) is 4.36 Å². The normalized spacial score (nSPS) is 12.2. The minimum atomic E-state index is -0.108. The van der Waals surface area contributed by atoms with Gasteiger partial charge in [-0.05, 0) is 60.0 Å². The Hall–Kier alpha value is -2.03. The largest absolute Gasteiger partial charge is 0.352 e. The topological polar surface area (TPSA) is 69.2 Å². The van der Waals surface area contributed by atoms with Gasteiger partial charge in [-0.1, -0.05) is 34.1 Å². The van der Waals surface area contributed by atoms with Crippen molar-refractivity contribution in [1.29, 1.82) is 0 Å². The highest BCUT2D eigenvalue weighted by Gasteiger charge is 2.08. The van der Waals surface area contributed by atoms with Crippen molar-refractivity contribution in [2.24, 2.45) is 4.36 Å². The van der Waals surface area contributed by atoms with Crippen molar-refractivity contribution in [3.8, 4) is 0 Å².